The van der Waals surface area contributed by atoms with Gasteiger partial charge in [0.25, 0.3) is 11.3 Å². The number of hydrogen-bond donors (Lipinski definition) is 0. The molecular formula is C37H18N6O+2. The van der Waals surface area contributed by atoms with Crippen molar-refractivity contribution >= 4 is 76.8 Å². The summed E-state index contributed by atoms with van der Waals surface area (Å²) in [4.78, 5) is 9.79. The van der Waals surface area contributed by atoms with E-state index in [4.69, 9.17) is 9.72 Å². The zero-order chi connectivity index (χ0) is 28.1. The van der Waals surface area contributed by atoms with Gasteiger partial charge in [-0.1, -0.05) is 36.4 Å². The van der Waals surface area contributed by atoms with Gasteiger partial charge in [-0.25, -0.2) is 4.40 Å². The van der Waals surface area contributed by atoms with Crippen molar-refractivity contribution in [2.24, 2.45) is 0 Å². The van der Waals surface area contributed by atoms with E-state index in [-0.39, 0.29) is 0 Å². The first-order chi connectivity index (χ1) is 21.9. The van der Waals surface area contributed by atoms with Crippen molar-refractivity contribution in [1.29, 1.82) is 0 Å². The number of rotatable bonds is 0. The predicted octanol–water partition coefficient (Wildman–Crippen LogP) is 6.51. The van der Waals surface area contributed by atoms with Gasteiger partial charge in [-0.15, -0.1) is 4.98 Å². The summed E-state index contributed by atoms with van der Waals surface area (Å²) in [5.74, 6) is 1.78. The normalized spacial score (nSPS) is 17.4. The molecule has 7 nitrogen and oxygen atoms in total. The van der Waals surface area contributed by atoms with Crippen LogP contribution in [-0.2, 0) is 5.66 Å². The van der Waals surface area contributed by atoms with Crippen LogP contribution in [0.3, 0.4) is 0 Å². The second-order valence-electron chi connectivity index (χ2n) is 12.2. The summed E-state index contributed by atoms with van der Waals surface area (Å²) in [6.07, 6.45) is 5.85. The summed E-state index contributed by atoms with van der Waals surface area (Å²) in [5.41, 5.74) is 10.5. The third-order valence-corrected chi connectivity index (χ3v) is 10.5. The molecule has 13 rings (SSSR count). The second-order valence-corrected chi connectivity index (χ2v) is 12.2. The van der Waals surface area contributed by atoms with Gasteiger partial charge in [-0.2, -0.15) is 13.5 Å². The van der Waals surface area contributed by atoms with Gasteiger partial charge in [0.1, 0.15) is 34.3 Å². The van der Waals surface area contributed by atoms with E-state index < -0.39 is 5.66 Å². The van der Waals surface area contributed by atoms with Gasteiger partial charge in [-0.05, 0) is 53.9 Å². The molecular weight excluding hydrogens is 544 g/mol. The maximum atomic E-state index is 6.92. The van der Waals surface area contributed by atoms with E-state index in [1.54, 1.807) is 0 Å². The van der Waals surface area contributed by atoms with Crippen molar-refractivity contribution in [2.45, 2.75) is 5.66 Å². The predicted molar refractivity (Wildman–Crippen MR) is 167 cm³/mol. The third-order valence-electron chi connectivity index (χ3n) is 10.5. The molecule has 0 bridgehead atoms. The molecule has 10 aromatic rings. The molecule has 7 heteroatoms. The molecule has 1 spiro atoms. The molecule has 0 amide bonds. The summed E-state index contributed by atoms with van der Waals surface area (Å²) in [6, 6.07) is 32.7. The van der Waals surface area contributed by atoms with Crippen molar-refractivity contribution in [2.75, 3.05) is 0 Å². The first-order valence-corrected chi connectivity index (χ1v) is 14.9. The maximum Gasteiger partial charge on any atom is 0.306 e. The molecule has 9 heterocycles. The van der Waals surface area contributed by atoms with Crippen LogP contribution in [-0.4, -0.2) is 18.8 Å². The highest BCUT2D eigenvalue weighted by Crippen LogP contribution is 2.58. The molecule has 4 aromatic carbocycles. The number of hydrogen-bond acceptors (Lipinski definition) is 3. The van der Waals surface area contributed by atoms with E-state index in [1.165, 1.54) is 49.0 Å². The number of imidazole rings is 2. The number of pyridine rings is 4. The van der Waals surface area contributed by atoms with Crippen molar-refractivity contribution in [3.8, 4) is 11.5 Å². The molecule has 0 fully saturated rings. The SMILES string of the molecule is c1ccc2c(c1)c1ccc3c4c1c1n2c2cnccc2[n+]1C41c2c(ccc4c5ccccc5n5c6cccnc6[n+]1c5c24)O3. The minimum absolute atomic E-state index is 0.753. The number of aromatic nitrogens is 6. The number of benzene rings is 4. The van der Waals surface area contributed by atoms with Crippen molar-refractivity contribution in [3.05, 3.63) is 121 Å². The largest absolute Gasteiger partial charge is 0.456 e. The van der Waals surface area contributed by atoms with Gasteiger partial charge < -0.3 is 4.74 Å². The quantitative estimate of drug-likeness (QED) is 0.157. The zero-order valence-electron chi connectivity index (χ0n) is 23.0. The van der Waals surface area contributed by atoms with Gasteiger partial charge >= 0.3 is 5.65 Å². The van der Waals surface area contributed by atoms with Crippen LogP contribution in [0.4, 0.5) is 0 Å². The Kier molecular flexibility index (Phi) is 2.97. The Hall–Kier alpha value is -6.08. The summed E-state index contributed by atoms with van der Waals surface area (Å²) in [6.45, 7) is 0. The van der Waals surface area contributed by atoms with E-state index in [9.17, 15) is 0 Å². The van der Waals surface area contributed by atoms with Crippen LogP contribution >= 0.6 is 0 Å². The molecule has 1 atom stereocenters. The van der Waals surface area contributed by atoms with Crippen LogP contribution < -0.4 is 13.9 Å². The lowest BCUT2D eigenvalue weighted by Crippen LogP contribution is -2.72. The summed E-state index contributed by atoms with van der Waals surface area (Å²) < 4.78 is 16.8. The van der Waals surface area contributed by atoms with Crippen molar-refractivity contribution in [3.63, 3.8) is 0 Å². The molecule has 44 heavy (non-hydrogen) atoms. The summed E-state index contributed by atoms with van der Waals surface area (Å²) in [5, 5.41) is 7.31. The molecule has 1 unspecified atom stereocenters. The summed E-state index contributed by atoms with van der Waals surface area (Å²) >= 11 is 0. The Bertz CT molecular complexity index is 2890. The van der Waals surface area contributed by atoms with E-state index in [1.807, 2.05) is 24.7 Å². The van der Waals surface area contributed by atoms with Gasteiger partial charge in [0.15, 0.2) is 16.6 Å². The molecule has 0 N–H and O–H groups in total. The van der Waals surface area contributed by atoms with Crippen LogP contribution in [0.1, 0.15) is 11.1 Å². The lowest BCUT2D eigenvalue weighted by Gasteiger charge is -2.31. The average Bonchev–Trinajstić information content (AvgIpc) is 3.79. The van der Waals surface area contributed by atoms with Crippen molar-refractivity contribution in [1.82, 2.24) is 18.8 Å². The third kappa shape index (κ3) is 1.80. The fourth-order valence-corrected chi connectivity index (χ4v) is 9.21. The molecule has 3 aliphatic rings. The molecule has 0 saturated heterocycles. The molecule has 6 aromatic heterocycles. The number of ether oxygens (including phenoxy) is 1. The minimum atomic E-state index is -0.753. The zero-order valence-corrected chi connectivity index (χ0v) is 23.0. The Labute approximate surface area is 247 Å². The van der Waals surface area contributed by atoms with E-state index >= 15 is 0 Å². The minimum Gasteiger partial charge on any atom is -0.456 e. The molecule has 200 valence electrons. The van der Waals surface area contributed by atoms with Gasteiger partial charge in [-0.3, -0.25) is 4.98 Å². The Balaban J connectivity index is 1.45. The van der Waals surface area contributed by atoms with Gasteiger partial charge in [0.05, 0.1) is 22.5 Å². The van der Waals surface area contributed by atoms with Gasteiger partial charge in [0.2, 0.25) is 5.65 Å². The van der Waals surface area contributed by atoms with Crippen LogP contribution in [0.5, 0.6) is 11.5 Å². The number of fused-ring (bicyclic) bond motifs is 12. The lowest BCUT2D eigenvalue weighted by atomic mass is 9.85. The van der Waals surface area contributed by atoms with E-state index in [0.29, 0.717) is 0 Å². The standard InChI is InChI=1S/C37H18N6O/c1-3-8-23-19(6-1)22-12-14-29-33-31(22)36-40(23)26-10-5-16-39-34(26)43(36)37(33)32-28(44-29)13-11-21-20-7-2-4-9-24(20)41-27-18-38-17-15-25(27)42(37)35(41)30(21)32/h1-18H/q+2. The average molecular weight is 563 g/mol. The maximum absolute atomic E-state index is 6.92. The molecule has 0 radical (unpaired) electrons. The highest BCUT2D eigenvalue weighted by atomic mass is 16.5. The van der Waals surface area contributed by atoms with E-state index in [2.05, 4.69) is 108 Å². The highest BCUT2D eigenvalue weighted by molar-refractivity contribution is 6.19. The molecule has 3 aliphatic heterocycles. The van der Waals surface area contributed by atoms with Crippen LogP contribution in [0.25, 0.3) is 76.8 Å². The Morgan fingerprint density at radius 1 is 0.568 bits per heavy atom. The highest BCUT2D eigenvalue weighted by Gasteiger charge is 2.66. The van der Waals surface area contributed by atoms with Crippen LogP contribution in [0.2, 0.25) is 0 Å². The first-order valence-electron chi connectivity index (χ1n) is 14.9. The molecule has 0 saturated carbocycles. The first kappa shape index (κ1) is 20.7. The number of para-hydroxylation sites is 2. The topological polar surface area (TPSA) is 51.6 Å². The fourth-order valence-electron chi connectivity index (χ4n) is 9.21. The monoisotopic (exact) mass is 562 g/mol. The smallest absolute Gasteiger partial charge is 0.306 e. The van der Waals surface area contributed by atoms with Gasteiger partial charge in [0, 0.05) is 28.4 Å². The second kappa shape index (κ2) is 6.31. The Morgan fingerprint density at radius 3 is 1.93 bits per heavy atom. The Morgan fingerprint density at radius 2 is 1.20 bits per heavy atom. The lowest BCUT2D eigenvalue weighted by molar-refractivity contribution is -0.924. The van der Waals surface area contributed by atoms with E-state index in [0.717, 1.165) is 50.5 Å². The summed E-state index contributed by atoms with van der Waals surface area (Å²) in [7, 11) is 0. The number of nitrogens with zero attached hydrogens (tertiary/aromatic N) is 6. The fraction of sp³-hybridized carbons (Fsp3) is 0.0270. The van der Waals surface area contributed by atoms with Crippen molar-refractivity contribution < 1.29 is 13.9 Å². The van der Waals surface area contributed by atoms with Crippen LogP contribution in [0.15, 0.2) is 110 Å². The molecule has 0 aliphatic carbocycles. The van der Waals surface area contributed by atoms with Crippen LogP contribution in [0, 0.1) is 0 Å².